The maximum absolute atomic E-state index is 11.9. The second-order valence-corrected chi connectivity index (χ2v) is 3.87. The molecule has 1 aromatic carbocycles. The van der Waals surface area contributed by atoms with Crippen molar-refractivity contribution in [1.29, 1.82) is 0 Å². The van der Waals surface area contributed by atoms with Crippen molar-refractivity contribution < 1.29 is 24.2 Å². The molecule has 0 heterocycles. The van der Waals surface area contributed by atoms with E-state index >= 15 is 0 Å². The molecule has 19 heavy (non-hydrogen) atoms. The minimum Gasteiger partial charge on any atom is -0.478 e. The lowest BCUT2D eigenvalue weighted by Gasteiger charge is -2.15. The molecule has 1 amide bonds. The summed E-state index contributed by atoms with van der Waals surface area (Å²) >= 11 is 0. The highest BCUT2D eigenvalue weighted by molar-refractivity contribution is 6.04. The molecule has 1 atom stereocenters. The molecule has 1 aromatic rings. The second kappa shape index (κ2) is 7.50. The number of carbonyl (C=O) groups excluding carboxylic acids is 1. The molecule has 1 unspecified atom stereocenters. The van der Waals surface area contributed by atoms with Gasteiger partial charge in [-0.25, -0.2) is 4.79 Å². The second-order valence-electron chi connectivity index (χ2n) is 3.87. The number of hydrogen-bond donors (Lipinski definition) is 2. The van der Waals surface area contributed by atoms with E-state index in [0.29, 0.717) is 6.61 Å². The first kappa shape index (κ1) is 15.1. The Bertz CT molecular complexity index is 446. The molecule has 0 aliphatic rings. The van der Waals surface area contributed by atoms with Crippen LogP contribution in [0.25, 0.3) is 0 Å². The van der Waals surface area contributed by atoms with Gasteiger partial charge in [-0.2, -0.15) is 0 Å². The highest BCUT2D eigenvalue weighted by atomic mass is 16.5. The molecule has 1 rings (SSSR count). The first-order valence-corrected chi connectivity index (χ1v) is 5.72. The topological polar surface area (TPSA) is 84.9 Å². The lowest BCUT2D eigenvalue weighted by atomic mass is 10.1. The van der Waals surface area contributed by atoms with Crippen LogP contribution in [0.3, 0.4) is 0 Å². The van der Waals surface area contributed by atoms with Gasteiger partial charge in [0.25, 0.3) is 5.91 Å². The highest BCUT2D eigenvalue weighted by Gasteiger charge is 2.16. The van der Waals surface area contributed by atoms with Crippen LogP contribution < -0.4 is 5.32 Å². The number of benzene rings is 1. The van der Waals surface area contributed by atoms with Crippen molar-refractivity contribution >= 4 is 11.9 Å². The zero-order chi connectivity index (χ0) is 14.3. The van der Waals surface area contributed by atoms with Crippen LogP contribution >= 0.6 is 0 Å². The van der Waals surface area contributed by atoms with E-state index in [1.807, 2.05) is 0 Å². The lowest BCUT2D eigenvalue weighted by Crippen LogP contribution is -2.36. The van der Waals surface area contributed by atoms with Crippen LogP contribution in [-0.4, -0.2) is 50.5 Å². The number of carboxylic acids is 1. The molecular weight excluding hydrogens is 250 g/mol. The van der Waals surface area contributed by atoms with E-state index in [1.54, 1.807) is 12.1 Å². The summed E-state index contributed by atoms with van der Waals surface area (Å²) in [7, 11) is 3.05. The van der Waals surface area contributed by atoms with Crippen molar-refractivity contribution in [2.45, 2.75) is 6.10 Å². The van der Waals surface area contributed by atoms with Crippen LogP contribution in [0.4, 0.5) is 0 Å². The van der Waals surface area contributed by atoms with E-state index in [4.69, 9.17) is 14.6 Å². The number of carbonyl (C=O) groups is 2. The van der Waals surface area contributed by atoms with Crippen LogP contribution in [0.15, 0.2) is 24.3 Å². The van der Waals surface area contributed by atoms with Gasteiger partial charge in [-0.15, -0.1) is 0 Å². The molecule has 6 nitrogen and oxygen atoms in total. The van der Waals surface area contributed by atoms with Crippen LogP contribution in [0.2, 0.25) is 0 Å². The van der Waals surface area contributed by atoms with Crippen molar-refractivity contribution in [2.24, 2.45) is 0 Å². The summed E-state index contributed by atoms with van der Waals surface area (Å²) in [5.41, 5.74) is 0.1000. The van der Waals surface area contributed by atoms with Crippen LogP contribution in [0.1, 0.15) is 20.7 Å². The molecule has 0 aliphatic carbocycles. The van der Waals surface area contributed by atoms with Crippen LogP contribution in [-0.2, 0) is 9.47 Å². The summed E-state index contributed by atoms with van der Waals surface area (Å²) in [5, 5.41) is 11.6. The maximum Gasteiger partial charge on any atom is 0.336 e. The van der Waals surface area contributed by atoms with Gasteiger partial charge in [0, 0.05) is 20.8 Å². The Labute approximate surface area is 111 Å². The highest BCUT2D eigenvalue weighted by Crippen LogP contribution is 2.08. The molecule has 0 aliphatic heterocycles. The number of carboxylic acid groups (broad SMARTS) is 1. The van der Waals surface area contributed by atoms with Gasteiger partial charge in [-0.3, -0.25) is 4.79 Å². The molecule has 6 heteroatoms. The minimum absolute atomic E-state index is 0.0271. The van der Waals surface area contributed by atoms with Crippen molar-refractivity contribution in [1.82, 2.24) is 5.32 Å². The van der Waals surface area contributed by atoms with Gasteiger partial charge < -0.3 is 19.9 Å². The van der Waals surface area contributed by atoms with Gasteiger partial charge in [0.2, 0.25) is 0 Å². The zero-order valence-electron chi connectivity index (χ0n) is 10.9. The number of aromatic carboxylic acids is 1. The molecule has 0 fully saturated rings. The Balaban J connectivity index is 2.71. The zero-order valence-corrected chi connectivity index (χ0v) is 10.9. The molecule has 0 saturated heterocycles. The van der Waals surface area contributed by atoms with Gasteiger partial charge in [0.1, 0.15) is 0 Å². The molecule has 0 radical (unpaired) electrons. The first-order chi connectivity index (χ1) is 9.10. The first-order valence-electron chi connectivity index (χ1n) is 5.72. The Morgan fingerprint density at radius 1 is 1.26 bits per heavy atom. The third-order valence-electron chi connectivity index (χ3n) is 2.58. The molecule has 0 spiro atoms. The summed E-state index contributed by atoms with van der Waals surface area (Å²) < 4.78 is 10.0. The smallest absolute Gasteiger partial charge is 0.336 e. The number of hydrogen-bond acceptors (Lipinski definition) is 4. The Hall–Kier alpha value is -1.92. The minimum atomic E-state index is -1.13. The van der Waals surface area contributed by atoms with E-state index in [2.05, 4.69) is 5.32 Å². The third kappa shape index (κ3) is 4.35. The quantitative estimate of drug-likeness (QED) is 0.762. The Morgan fingerprint density at radius 3 is 2.42 bits per heavy atom. The van der Waals surface area contributed by atoms with Crippen LogP contribution in [0.5, 0.6) is 0 Å². The molecule has 104 valence electrons. The van der Waals surface area contributed by atoms with Gasteiger partial charge in [-0.05, 0) is 12.1 Å². The van der Waals surface area contributed by atoms with Crippen molar-refractivity contribution in [3.63, 3.8) is 0 Å². The predicted octanol–water partition coefficient (Wildman–Crippen LogP) is 0.776. The largest absolute Gasteiger partial charge is 0.478 e. The summed E-state index contributed by atoms with van der Waals surface area (Å²) in [6.45, 7) is 0.592. The fraction of sp³-hybridized carbons (Fsp3) is 0.385. The molecule has 2 N–H and O–H groups in total. The maximum atomic E-state index is 11.9. The summed E-state index contributed by atoms with van der Waals surface area (Å²) in [6, 6.07) is 6.05. The fourth-order valence-corrected chi connectivity index (χ4v) is 1.57. The number of ether oxygens (including phenoxy) is 2. The molecule has 0 bridgehead atoms. The van der Waals surface area contributed by atoms with E-state index in [0.717, 1.165) is 0 Å². The van der Waals surface area contributed by atoms with E-state index in [1.165, 1.54) is 26.4 Å². The normalized spacial score (nSPS) is 11.9. The molecular formula is C13H17NO5. The van der Waals surface area contributed by atoms with E-state index < -0.39 is 11.9 Å². The monoisotopic (exact) mass is 267 g/mol. The predicted molar refractivity (Wildman–Crippen MR) is 68.4 cm³/mol. The summed E-state index contributed by atoms with van der Waals surface area (Å²) in [5.74, 6) is -1.58. The number of rotatable bonds is 7. The molecule has 0 aromatic heterocycles. The van der Waals surface area contributed by atoms with Crippen molar-refractivity contribution in [3.05, 3.63) is 35.4 Å². The van der Waals surface area contributed by atoms with Gasteiger partial charge in [-0.1, -0.05) is 12.1 Å². The van der Waals surface area contributed by atoms with Gasteiger partial charge in [0.15, 0.2) is 0 Å². The average molecular weight is 267 g/mol. The number of methoxy groups -OCH3 is 2. The van der Waals surface area contributed by atoms with Crippen molar-refractivity contribution in [2.75, 3.05) is 27.4 Å². The average Bonchev–Trinajstić information content (AvgIpc) is 2.43. The Morgan fingerprint density at radius 2 is 1.89 bits per heavy atom. The van der Waals surface area contributed by atoms with Crippen molar-refractivity contribution in [3.8, 4) is 0 Å². The summed E-state index contributed by atoms with van der Waals surface area (Å²) in [4.78, 5) is 22.9. The number of nitrogens with one attached hydrogen (secondary N) is 1. The van der Waals surface area contributed by atoms with Gasteiger partial charge >= 0.3 is 5.97 Å². The van der Waals surface area contributed by atoms with E-state index in [-0.39, 0.29) is 23.8 Å². The molecule has 0 saturated carbocycles. The summed E-state index contributed by atoms with van der Waals surface area (Å²) in [6.07, 6.45) is -0.272. The van der Waals surface area contributed by atoms with Gasteiger partial charge in [0.05, 0.1) is 23.8 Å². The SMILES string of the molecule is COCC(CNC(=O)c1ccccc1C(=O)O)OC. The Kier molecular flexibility index (Phi) is 5.98. The standard InChI is InChI=1S/C13H17NO5/c1-18-8-9(19-2)7-14-12(15)10-5-3-4-6-11(10)13(16)17/h3-6,9H,7-8H2,1-2H3,(H,14,15)(H,16,17). The lowest BCUT2D eigenvalue weighted by molar-refractivity contribution is 0.0285. The fourth-order valence-electron chi connectivity index (χ4n) is 1.57. The number of amides is 1. The van der Waals surface area contributed by atoms with E-state index in [9.17, 15) is 9.59 Å². The van der Waals surface area contributed by atoms with Crippen LogP contribution in [0, 0.1) is 0 Å². The third-order valence-corrected chi connectivity index (χ3v) is 2.58.